The molecule has 1 rings (SSSR count). The third-order valence-corrected chi connectivity index (χ3v) is 1.94. The molecule has 1 heterocycles. The lowest BCUT2D eigenvalue weighted by atomic mass is 10.4. The van der Waals surface area contributed by atoms with Gasteiger partial charge in [0.15, 0.2) is 0 Å². The number of nitrogens with zero attached hydrogens (tertiary/aromatic N) is 4. The Hall–Kier alpha value is -1.41. The molecule has 0 spiro atoms. The van der Waals surface area contributed by atoms with Gasteiger partial charge in [-0.15, -0.1) is 10.2 Å². The molecule has 0 aliphatic carbocycles. The summed E-state index contributed by atoms with van der Waals surface area (Å²) in [4.78, 5) is 0. The van der Waals surface area contributed by atoms with Crippen molar-refractivity contribution in [2.75, 3.05) is 0 Å². The SMILES string of the molecule is Cc1nnc(CNC(C)C#N)n1C. The first kappa shape index (κ1) is 9.68. The molecular formula is C8H13N5. The van der Waals surface area contributed by atoms with Gasteiger partial charge in [-0.1, -0.05) is 0 Å². The standard InChI is InChI=1S/C8H13N5/c1-6(4-9)10-5-8-12-11-7(2)13(8)3/h6,10H,5H2,1-3H3. The van der Waals surface area contributed by atoms with Crippen LogP contribution in [0.1, 0.15) is 18.6 Å². The minimum atomic E-state index is -0.156. The van der Waals surface area contributed by atoms with Gasteiger partial charge in [-0.25, -0.2) is 0 Å². The number of nitriles is 1. The van der Waals surface area contributed by atoms with E-state index in [0.717, 1.165) is 11.6 Å². The van der Waals surface area contributed by atoms with E-state index in [1.807, 2.05) is 25.5 Å². The van der Waals surface area contributed by atoms with E-state index < -0.39 is 0 Å². The normalized spacial score (nSPS) is 12.5. The van der Waals surface area contributed by atoms with E-state index in [2.05, 4.69) is 21.6 Å². The molecule has 13 heavy (non-hydrogen) atoms. The predicted molar refractivity (Wildman–Crippen MR) is 47.7 cm³/mol. The molecule has 1 aromatic rings. The average Bonchev–Trinajstić information content (AvgIpc) is 2.44. The highest BCUT2D eigenvalue weighted by atomic mass is 15.3. The lowest BCUT2D eigenvalue weighted by molar-refractivity contribution is 0.600. The fraction of sp³-hybridized carbons (Fsp3) is 0.625. The van der Waals surface area contributed by atoms with Crippen molar-refractivity contribution in [1.29, 1.82) is 5.26 Å². The van der Waals surface area contributed by atoms with Crippen LogP contribution in [-0.4, -0.2) is 20.8 Å². The summed E-state index contributed by atoms with van der Waals surface area (Å²) in [6.45, 7) is 4.28. The third kappa shape index (κ3) is 2.26. The number of hydrogen-bond donors (Lipinski definition) is 1. The lowest BCUT2D eigenvalue weighted by Crippen LogP contribution is -2.25. The van der Waals surface area contributed by atoms with Crippen molar-refractivity contribution >= 4 is 0 Å². The summed E-state index contributed by atoms with van der Waals surface area (Å²) >= 11 is 0. The van der Waals surface area contributed by atoms with Crippen molar-refractivity contribution in [3.8, 4) is 6.07 Å². The summed E-state index contributed by atoms with van der Waals surface area (Å²) in [6.07, 6.45) is 0. The summed E-state index contributed by atoms with van der Waals surface area (Å²) in [5, 5.41) is 19.4. The van der Waals surface area contributed by atoms with Gasteiger partial charge >= 0.3 is 0 Å². The Balaban J connectivity index is 2.56. The van der Waals surface area contributed by atoms with Gasteiger partial charge < -0.3 is 4.57 Å². The van der Waals surface area contributed by atoms with Crippen LogP contribution in [0.25, 0.3) is 0 Å². The molecule has 0 aromatic carbocycles. The fourth-order valence-corrected chi connectivity index (χ4v) is 0.895. The Labute approximate surface area is 77.4 Å². The van der Waals surface area contributed by atoms with Gasteiger partial charge in [0.25, 0.3) is 0 Å². The molecule has 0 fully saturated rings. The average molecular weight is 179 g/mol. The van der Waals surface area contributed by atoms with E-state index in [4.69, 9.17) is 5.26 Å². The van der Waals surface area contributed by atoms with Crippen LogP contribution in [0.3, 0.4) is 0 Å². The Morgan fingerprint density at radius 1 is 1.62 bits per heavy atom. The van der Waals surface area contributed by atoms with E-state index in [1.54, 1.807) is 0 Å². The highest BCUT2D eigenvalue weighted by Crippen LogP contribution is 1.96. The van der Waals surface area contributed by atoms with Crippen LogP contribution < -0.4 is 5.32 Å². The minimum Gasteiger partial charge on any atom is -0.317 e. The first-order valence-corrected chi connectivity index (χ1v) is 4.13. The van der Waals surface area contributed by atoms with Crippen LogP contribution >= 0.6 is 0 Å². The van der Waals surface area contributed by atoms with Gasteiger partial charge in [0.2, 0.25) is 0 Å². The van der Waals surface area contributed by atoms with Gasteiger partial charge in [-0.2, -0.15) is 5.26 Å². The molecule has 1 N–H and O–H groups in total. The van der Waals surface area contributed by atoms with Crippen molar-refractivity contribution in [2.45, 2.75) is 26.4 Å². The van der Waals surface area contributed by atoms with Crippen LogP contribution in [0.2, 0.25) is 0 Å². The highest BCUT2D eigenvalue weighted by molar-refractivity contribution is 4.94. The molecule has 0 radical (unpaired) electrons. The molecule has 1 aromatic heterocycles. The zero-order valence-electron chi connectivity index (χ0n) is 8.07. The second-order valence-corrected chi connectivity index (χ2v) is 2.95. The van der Waals surface area contributed by atoms with E-state index in [1.165, 1.54) is 0 Å². The van der Waals surface area contributed by atoms with E-state index >= 15 is 0 Å². The molecule has 0 aliphatic rings. The second kappa shape index (κ2) is 4.01. The molecular weight excluding hydrogens is 166 g/mol. The Kier molecular flexibility index (Phi) is 2.98. The number of rotatable bonds is 3. The molecule has 70 valence electrons. The zero-order valence-corrected chi connectivity index (χ0v) is 8.07. The summed E-state index contributed by atoms with van der Waals surface area (Å²) < 4.78 is 1.90. The van der Waals surface area contributed by atoms with Gasteiger partial charge in [0, 0.05) is 7.05 Å². The lowest BCUT2D eigenvalue weighted by Gasteiger charge is -2.05. The Morgan fingerprint density at radius 3 is 2.77 bits per heavy atom. The third-order valence-electron chi connectivity index (χ3n) is 1.94. The largest absolute Gasteiger partial charge is 0.317 e. The topological polar surface area (TPSA) is 66.5 Å². The van der Waals surface area contributed by atoms with Crippen molar-refractivity contribution in [2.24, 2.45) is 7.05 Å². The second-order valence-electron chi connectivity index (χ2n) is 2.95. The van der Waals surface area contributed by atoms with Gasteiger partial charge in [0.1, 0.15) is 11.6 Å². The number of hydrogen-bond acceptors (Lipinski definition) is 4. The summed E-state index contributed by atoms with van der Waals surface area (Å²) in [5.74, 6) is 1.72. The van der Waals surface area contributed by atoms with Crippen molar-refractivity contribution in [1.82, 2.24) is 20.1 Å². The maximum absolute atomic E-state index is 8.53. The quantitative estimate of drug-likeness (QED) is 0.716. The van der Waals surface area contributed by atoms with Crippen LogP contribution in [0, 0.1) is 18.3 Å². The molecule has 0 amide bonds. The fourth-order valence-electron chi connectivity index (χ4n) is 0.895. The van der Waals surface area contributed by atoms with E-state index in [0.29, 0.717) is 6.54 Å². The first-order valence-electron chi connectivity index (χ1n) is 4.13. The maximum atomic E-state index is 8.53. The number of nitrogens with one attached hydrogen (secondary N) is 1. The van der Waals surface area contributed by atoms with Crippen molar-refractivity contribution in [3.05, 3.63) is 11.6 Å². The van der Waals surface area contributed by atoms with E-state index in [9.17, 15) is 0 Å². The molecule has 5 heteroatoms. The monoisotopic (exact) mass is 179 g/mol. The Morgan fingerprint density at radius 2 is 2.31 bits per heavy atom. The smallest absolute Gasteiger partial charge is 0.146 e. The first-order chi connectivity index (χ1) is 6.15. The zero-order chi connectivity index (χ0) is 9.84. The maximum Gasteiger partial charge on any atom is 0.146 e. The van der Waals surface area contributed by atoms with Gasteiger partial charge in [-0.3, -0.25) is 5.32 Å². The number of aryl methyl sites for hydroxylation is 1. The highest BCUT2D eigenvalue weighted by Gasteiger charge is 2.05. The van der Waals surface area contributed by atoms with Crippen LogP contribution in [0.5, 0.6) is 0 Å². The minimum absolute atomic E-state index is 0.156. The predicted octanol–water partition coefficient (Wildman–Crippen LogP) is 0.125. The van der Waals surface area contributed by atoms with Gasteiger partial charge in [0.05, 0.1) is 18.7 Å². The molecule has 0 aliphatic heterocycles. The van der Waals surface area contributed by atoms with Gasteiger partial charge in [-0.05, 0) is 13.8 Å². The molecule has 0 saturated heterocycles. The molecule has 5 nitrogen and oxygen atoms in total. The van der Waals surface area contributed by atoms with Crippen molar-refractivity contribution < 1.29 is 0 Å². The Bertz CT molecular complexity index is 322. The molecule has 0 saturated carbocycles. The van der Waals surface area contributed by atoms with E-state index in [-0.39, 0.29) is 6.04 Å². The van der Waals surface area contributed by atoms with Crippen molar-refractivity contribution in [3.63, 3.8) is 0 Å². The molecule has 1 unspecified atom stereocenters. The summed E-state index contributed by atoms with van der Waals surface area (Å²) in [5.41, 5.74) is 0. The number of aromatic nitrogens is 3. The summed E-state index contributed by atoms with van der Waals surface area (Å²) in [6, 6.07) is 1.94. The summed E-state index contributed by atoms with van der Waals surface area (Å²) in [7, 11) is 1.91. The molecule has 0 bridgehead atoms. The van der Waals surface area contributed by atoms with Crippen LogP contribution in [0.15, 0.2) is 0 Å². The van der Waals surface area contributed by atoms with Crippen LogP contribution in [0.4, 0.5) is 0 Å². The van der Waals surface area contributed by atoms with Crippen LogP contribution in [-0.2, 0) is 13.6 Å². The molecule has 1 atom stereocenters.